The van der Waals surface area contributed by atoms with Gasteiger partial charge in [0.1, 0.15) is 0 Å². The largest absolute Gasteiger partial charge is 0.389 e. The molecule has 2 aliphatic rings. The van der Waals surface area contributed by atoms with Gasteiger partial charge in [0.2, 0.25) is 0 Å². The second kappa shape index (κ2) is 8.46. The van der Waals surface area contributed by atoms with Crippen LogP contribution in [0, 0.1) is 17.8 Å². The highest BCUT2D eigenvalue weighted by atomic mass is 35.5. The molecule has 0 aromatic heterocycles. The van der Waals surface area contributed by atoms with Gasteiger partial charge in [-0.05, 0) is 43.4 Å². The summed E-state index contributed by atoms with van der Waals surface area (Å²) >= 11 is 0. The predicted molar refractivity (Wildman–Crippen MR) is 80.8 cm³/mol. The van der Waals surface area contributed by atoms with E-state index in [0.717, 1.165) is 24.4 Å². The van der Waals surface area contributed by atoms with Gasteiger partial charge in [-0.1, -0.05) is 20.3 Å². The zero-order valence-corrected chi connectivity index (χ0v) is 13.1. The van der Waals surface area contributed by atoms with Crippen LogP contribution >= 0.6 is 12.4 Å². The molecule has 2 bridgehead atoms. The van der Waals surface area contributed by atoms with Crippen LogP contribution in [0.1, 0.15) is 46.0 Å². The molecule has 2 fully saturated rings. The van der Waals surface area contributed by atoms with Crippen LogP contribution in [0.2, 0.25) is 0 Å². The van der Waals surface area contributed by atoms with Crippen LogP contribution in [0.15, 0.2) is 0 Å². The first-order valence-electron chi connectivity index (χ1n) is 7.64. The standard InChI is InChI=1S/C15H29NO2.ClH/c1-11(2)16-9-15(17)10-18-6-5-14-8-12-3-4-13(14)7-12;/h11-17H,3-10H2,1-2H3;1H. The summed E-state index contributed by atoms with van der Waals surface area (Å²) in [6.07, 6.45) is 6.67. The maximum Gasteiger partial charge on any atom is 0.0897 e. The Labute approximate surface area is 123 Å². The molecule has 0 spiro atoms. The molecule has 19 heavy (non-hydrogen) atoms. The Balaban J connectivity index is 0.00000180. The summed E-state index contributed by atoms with van der Waals surface area (Å²) in [5.41, 5.74) is 0. The number of hydrogen-bond donors (Lipinski definition) is 2. The zero-order chi connectivity index (χ0) is 13.0. The van der Waals surface area contributed by atoms with Gasteiger partial charge >= 0.3 is 0 Å². The molecule has 0 saturated heterocycles. The van der Waals surface area contributed by atoms with Gasteiger partial charge in [-0.25, -0.2) is 0 Å². The molecular weight excluding hydrogens is 262 g/mol. The first-order valence-corrected chi connectivity index (χ1v) is 7.64. The van der Waals surface area contributed by atoms with Crippen molar-refractivity contribution in [2.45, 2.75) is 58.1 Å². The van der Waals surface area contributed by atoms with E-state index in [9.17, 15) is 5.11 Å². The van der Waals surface area contributed by atoms with Crippen molar-refractivity contribution in [2.75, 3.05) is 19.8 Å². The lowest BCUT2D eigenvalue weighted by atomic mass is 9.87. The first kappa shape index (κ1) is 17.2. The normalized spacial score (nSPS) is 30.6. The van der Waals surface area contributed by atoms with Crippen molar-refractivity contribution in [3.63, 3.8) is 0 Å². The highest BCUT2D eigenvalue weighted by Gasteiger charge is 2.38. The molecule has 0 radical (unpaired) electrons. The SMILES string of the molecule is CC(C)NCC(O)COCCC1CC2CCC1C2.Cl. The third kappa shape index (κ3) is 5.58. The van der Waals surface area contributed by atoms with E-state index < -0.39 is 0 Å². The van der Waals surface area contributed by atoms with Crippen molar-refractivity contribution in [2.24, 2.45) is 17.8 Å². The van der Waals surface area contributed by atoms with Crippen LogP contribution in [0.4, 0.5) is 0 Å². The average Bonchev–Trinajstić information content (AvgIpc) is 2.94. The number of aliphatic hydroxyl groups excluding tert-OH is 1. The van der Waals surface area contributed by atoms with Crippen molar-refractivity contribution in [3.05, 3.63) is 0 Å². The number of hydrogen-bond acceptors (Lipinski definition) is 3. The van der Waals surface area contributed by atoms with Crippen LogP contribution in [0.5, 0.6) is 0 Å². The van der Waals surface area contributed by atoms with Gasteiger partial charge in [-0.15, -0.1) is 12.4 Å². The Morgan fingerprint density at radius 3 is 2.63 bits per heavy atom. The van der Waals surface area contributed by atoms with E-state index >= 15 is 0 Å². The quantitative estimate of drug-likeness (QED) is 0.676. The third-order valence-corrected chi connectivity index (χ3v) is 4.59. The Kier molecular flexibility index (Phi) is 7.66. The Hall–Kier alpha value is 0.170. The molecule has 4 unspecified atom stereocenters. The van der Waals surface area contributed by atoms with Crippen molar-refractivity contribution in [3.8, 4) is 0 Å². The van der Waals surface area contributed by atoms with E-state index in [1.807, 2.05) is 0 Å². The molecule has 0 aromatic rings. The molecule has 0 amide bonds. The minimum atomic E-state index is -0.368. The lowest BCUT2D eigenvalue weighted by Crippen LogP contribution is -2.34. The molecule has 4 heteroatoms. The summed E-state index contributed by atoms with van der Waals surface area (Å²) in [5.74, 6) is 2.93. The van der Waals surface area contributed by atoms with Crippen molar-refractivity contribution >= 4 is 12.4 Å². The lowest BCUT2D eigenvalue weighted by molar-refractivity contribution is 0.0283. The van der Waals surface area contributed by atoms with Crippen LogP contribution in [-0.2, 0) is 4.74 Å². The Morgan fingerprint density at radius 1 is 1.26 bits per heavy atom. The number of rotatable bonds is 8. The van der Waals surface area contributed by atoms with E-state index in [4.69, 9.17) is 4.74 Å². The second-order valence-electron chi connectivity index (χ2n) is 6.52. The summed E-state index contributed by atoms with van der Waals surface area (Å²) in [4.78, 5) is 0. The van der Waals surface area contributed by atoms with Gasteiger partial charge in [-0.3, -0.25) is 0 Å². The molecule has 2 aliphatic carbocycles. The van der Waals surface area contributed by atoms with Crippen LogP contribution < -0.4 is 5.32 Å². The number of aliphatic hydroxyl groups is 1. The van der Waals surface area contributed by atoms with E-state index in [1.54, 1.807) is 0 Å². The average molecular weight is 292 g/mol. The summed E-state index contributed by atoms with van der Waals surface area (Å²) in [6.45, 7) is 6.10. The van der Waals surface area contributed by atoms with Crippen molar-refractivity contribution in [1.29, 1.82) is 0 Å². The van der Waals surface area contributed by atoms with E-state index in [1.165, 1.54) is 32.1 Å². The summed E-state index contributed by atoms with van der Waals surface area (Å²) in [5, 5.41) is 12.9. The van der Waals surface area contributed by atoms with Gasteiger partial charge in [0.25, 0.3) is 0 Å². The summed E-state index contributed by atoms with van der Waals surface area (Å²) in [6, 6.07) is 0.425. The van der Waals surface area contributed by atoms with Crippen molar-refractivity contribution < 1.29 is 9.84 Å². The molecule has 2 N–H and O–H groups in total. The number of fused-ring (bicyclic) bond motifs is 2. The van der Waals surface area contributed by atoms with E-state index in [2.05, 4.69) is 19.2 Å². The number of nitrogens with one attached hydrogen (secondary N) is 1. The molecule has 2 rings (SSSR count). The molecule has 2 saturated carbocycles. The summed E-state index contributed by atoms with van der Waals surface area (Å²) < 4.78 is 5.61. The van der Waals surface area contributed by atoms with Crippen LogP contribution in [0.3, 0.4) is 0 Å². The van der Waals surface area contributed by atoms with Crippen molar-refractivity contribution in [1.82, 2.24) is 5.32 Å². The predicted octanol–water partition coefficient (Wildman–Crippen LogP) is 2.61. The molecule has 0 heterocycles. The zero-order valence-electron chi connectivity index (χ0n) is 12.3. The minimum Gasteiger partial charge on any atom is -0.389 e. The summed E-state index contributed by atoms with van der Waals surface area (Å²) in [7, 11) is 0. The Bertz CT molecular complexity index is 250. The topological polar surface area (TPSA) is 41.5 Å². The highest BCUT2D eigenvalue weighted by molar-refractivity contribution is 5.85. The van der Waals surface area contributed by atoms with Crippen LogP contribution in [0.25, 0.3) is 0 Å². The maximum atomic E-state index is 9.71. The van der Waals surface area contributed by atoms with E-state index in [-0.39, 0.29) is 18.5 Å². The van der Waals surface area contributed by atoms with E-state index in [0.29, 0.717) is 19.2 Å². The van der Waals surface area contributed by atoms with Gasteiger partial charge in [0.05, 0.1) is 12.7 Å². The molecule has 4 atom stereocenters. The fourth-order valence-corrected chi connectivity index (χ4v) is 3.61. The van der Waals surface area contributed by atoms with Gasteiger partial charge < -0.3 is 15.2 Å². The highest BCUT2D eigenvalue weighted by Crippen LogP contribution is 2.49. The smallest absolute Gasteiger partial charge is 0.0897 e. The lowest BCUT2D eigenvalue weighted by Gasteiger charge is -2.21. The Morgan fingerprint density at radius 2 is 2.05 bits per heavy atom. The molecule has 114 valence electrons. The first-order chi connectivity index (χ1) is 8.65. The molecule has 0 aromatic carbocycles. The molecule has 3 nitrogen and oxygen atoms in total. The van der Waals surface area contributed by atoms with Gasteiger partial charge in [-0.2, -0.15) is 0 Å². The fourth-order valence-electron chi connectivity index (χ4n) is 3.61. The van der Waals surface area contributed by atoms with Crippen LogP contribution in [-0.4, -0.2) is 37.0 Å². The monoisotopic (exact) mass is 291 g/mol. The van der Waals surface area contributed by atoms with Gasteiger partial charge in [0.15, 0.2) is 0 Å². The maximum absolute atomic E-state index is 9.71. The van der Waals surface area contributed by atoms with Gasteiger partial charge in [0, 0.05) is 19.2 Å². The number of halogens is 1. The second-order valence-corrected chi connectivity index (χ2v) is 6.52. The minimum absolute atomic E-state index is 0. The third-order valence-electron chi connectivity index (χ3n) is 4.59. The number of ether oxygens (including phenoxy) is 1. The fraction of sp³-hybridized carbons (Fsp3) is 1.00. The molecular formula is C15H30ClNO2. The molecule has 0 aliphatic heterocycles.